The van der Waals surface area contributed by atoms with Crippen molar-refractivity contribution in [1.29, 1.82) is 0 Å². The standard InChI is InChI=1S/C17H27N7.CH3NO/c1-11-9-20-16-15(11)12(2)21-17(23-16)22-14-4-3-13(10-19-14)24-7-5-18-6-8-24;2-1-3/h9,13-14,18-19H,3-8,10H2,1-2H3,(H2,20,21,22,23);1H,(H2,2,3). The molecule has 9 nitrogen and oxygen atoms in total. The Labute approximate surface area is 159 Å². The Balaban J connectivity index is 0.000000659. The second-order valence-corrected chi connectivity index (χ2v) is 7.09. The SMILES string of the molecule is Cc1c[nH]c2nc(NC3CCC(N4CCNCC4)CN3)nc(C)c12.NC=O. The van der Waals surface area contributed by atoms with Gasteiger partial charge >= 0.3 is 0 Å². The first-order valence-corrected chi connectivity index (χ1v) is 9.54. The third-order valence-electron chi connectivity index (χ3n) is 5.27. The third kappa shape index (κ3) is 4.74. The lowest BCUT2D eigenvalue weighted by molar-refractivity contribution is -0.106. The van der Waals surface area contributed by atoms with Gasteiger partial charge in [0.05, 0.1) is 11.9 Å². The lowest BCUT2D eigenvalue weighted by Gasteiger charge is -2.39. The molecule has 2 unspecified atom stereocenters. The van der Waals surface area contributed by atoms with Crippen LogP contribution in [0, 0.1) is 13.8 Å². The predicted octanol–water partition coefficient (Wildman–Crippen LogP) is 0.0714. The van der Waals surface area contributed by atoms with Crippen LogP contribution in [-0.2, 0) is 4.79 Å². The number of carbonyl (C=O) groups excluding carboxylic acids is 1. The normalized spacial score (nSPS) is 23.5. The summed E-state index contributed by atoms with van der Waals surface area (Å²) in [5.74, 6) is 0.708. The van der Waals surface area contributed by atoms with Gasteiger partial charge in [-0.1, -0.05) is 0 Å². The smallest absolute Gasteiger partial charge is 0.226 e. The Morgan fingerprint density at radius 2 is 2.00 bits per heavy atom. The number of aromatic amines is 1. The number of hydrogen-bond acceptors (Lipinski definition) is 7. The highest BCUT2D eigenvalue weighted by atomic mass is 16.1. The van der Waals surface area contributed by atoms with E-state index in [1.165, 1.54) is 12.0 Å². The van der Waals surface area contributed by atoms with E-state index in [-0.39, 0.29) is 12.6 Å². The van der Waals surface area contributed by atoms with E-state index in [0.717, 1.165) is 55.9 Å². The van der Waals surface area contributed by atoms with Crippen molar-refractivity contribution in [2.45, 2.75) is 38.9 Å². The molecule has 4 rings (SSSR count). The van der Waals surface area contributed by atoms with Gasteiger partial charge in [-0.15, -0.1) is 0 Å². The minimum Gasteiger partial charge on any atom is -0.372 e. The lowest BCUT2D eigenvalue weighted by atomic mass is 10.0. The van der Waals surface area contributed by atoms with E-state index in [1.54, 1.807) is 0 Å². The zero-order valence-electron chi connectivity index (χ0n) is 16.1. The number of primary amides is 1. The molecule has 2 aromatic rings. The molecule has 0 bridgehead atoms. The number of piperidine rings is 1. The van der Waals surface area contributed by atoms with Crippen LogP contribution in [0.1, 0.15) is 24.1 Å². The first-order valence-electron chi connectivity index (χ1n) is 9.54. The van der Waals surface area contributed by atoms with Crippen molar-refractivity contribution in [3.63, 3.8) is 0 Å². The highest BCUT2D eigenvalue weighted by Gasteiger charge is 2.26. The van der Waals surface area contributed by atoms with Crippen molar-refractivity contribution in [3.8, 4) is 0 Å². The fourth-order valence-electron chi connectivity index (χ4n) is 3.94. The molecule has 0 spiro atoms. The van der Waals surface area contributed by atoms with Crippen LogP contribution in [0.4, 0.5) is 5.95 Å². The van der Waals surface area contributed by atoms with Crippen LogP contribution in [0.15, 0.2) is 6.20 Å². The molecule has 2 aromatic heterocycles. The number of piperazine rings is 1. The van der Waals surface area contributed by atoms with Crippen LogP contribution >= 0.6 is 0 Å². The van der Waals surface area contributed by atoms with Gasteiger partial charge in [0.1, 0.15) is 5.65 Å². The molecule has 6 N–H and O–H groups in total. The summed E-state index contributed by atoms with van der Waals surface area (Å²) >= 11 is 0. The zero-order valence-corrected chi connectivity index (χ0v) is 16.1. The van der Waals surface area contributed by atoms with Crippen LogP contribution in [0.5, 0.6) is 0 Å². The summed E-state index contributed by atoms with van der Waals surface area (Å²) in [6, 6.07) is 0.654. The van der Waals surface area contributed by atoms with Crippen molar-refractivity contribution < 1.29 is 4.79 Å². The van der Waals surface area contributed by atoms with Crippen LogP contribution < -0.4 is 21.7 Å². The highest BCUT2D eigenvalue weighted by Crippen LogP contribution is 2.21. The minimum atomic E-state index is 0.247. The number of nitrogens with zero attached hydrogens (tertiary/aromatic N) is 3. The Bertz CT molecular complexity index is 747. The number of hydrogen-bond donors (Lipinski definition) is 5. The topological polar surface area (TPSA) is 124 Å². The van der Waals surface area contributed by atoms with E-state index in [0.29, 0.717) is 12.0 Å². The molecule has 4 heterocycles. The summed E-state index contributed by atoms with van der Waals surface area (Å²) < 4.78 is 0. The number of aryl methyl sites for hydroxylation is 2. The number of carbonyl (C=O) groups is 1. The molecule has 2 aliphatic rings. The van der Waals surface area contributed by atoms with Gasteiger partial charge in [0.2, 0.25) is 12.4 Å². The second kappa shape index (κ2) is 9.12. The van der Waals surface area contributed by atoms with Crippen molar-refractivity contribution >= 4 is 23.4 Å². The van der Waals surface area contributed by atoms with E-state index in [9.17, 15) is 0 Å². The van der Waals surface area contributed by atoms with Gasteiger partial charge in [-0.25, -0.2) is 4.98 Å². The number of fused-ring (bicyclic) bond motifs is 1. The summed E-state index contributed by atoms with van der Waals surface area (Å²) in [6.07, 6.45) is 4.80. The molecule has 0 aromatic carbocycles. The van der Waals surface area contributed by atoms with Gasteiger partial charge < -0.3 is 21.4 Å². The van der Waals surface area contributed by atoms with E-state index < -0.39 is 0 Å². The zero-order chi connectivity index (χ0) is 19.2. The minimum absolute atomic E-state index is 0.247. The summed E-state index contributed by atoms with van der Waals surface area (Å²) in [5.41, 5.74) is 7.30. The van der Waals surface area contributed by atoms with Crippen LogP contribution in [0.25, 0.3) is 11.0 Å². The first-order chi connectivity index (χ1) is 13.1. The average Bonchev–Trinajstić information content (AvgIpc) is 3.05. The number of anilines is 1. The predicted molar refractivity (Wildman–Crippen MR) is 106 cm³/mol. The molecule has 9 heteroatoms. The van der Waals surface area contributed by atoms with E-state index in [1.807, 2.05) is 13.1 Å². The molecule has 0 saturated carbocycles. The van der Waals surface area contributed by atoms with E-state index in [4.69, 9.17) is 4.79 Å². The summed E-state index contributed by atoms with van der Waals surface area (Å²) in [5, 5.41) is 11.6. The molecular formula is C18H30N8O. The molecule has 27 heavy (non-hydrogen) atoms. The van der Waals surface area contributed by atoms with Crippen LogP contribution in [0.2, 0.25) is 0 Å². The number of nitrogens with one attached hydrogen (secondary N) is 4. The molecular weight excluding hydrogens is 344 g/mol. The summed E-state index contributed by atoms with van der Waals surface area (Å²) in [7, 11) is 0. The maximum atomic E-state index is 8.58. The number of H-pyrrole nitrogens is 1. The van der Waals surface area contributed by atoms with Gasteiger partial charge in [-0.2, -0.15) is 4.98 Å². The van der Waals surface area contributed by atoms with Gasteiger partial charge in [0.15, 0.2) is 0 Å². The number of nitrogens with two attached hydrogens (primary N) is 1. The van der Waals surface area contributed by atoms with Crippen LogP contribution in [-0.4, -0.2) is 71.2 Å². The number of aromatic nitrogens is 3. The van der Waals surface area contributed by atoms with Crippen molar-refractivity contribution in [2.24, 2.45) is 5.73 Å². The Morgan fingerprint density at radius 1 is 1.26 bits per heavy atom. The first kappa shape index (κ1) is 19.5. The Kier molecular flexibility index (Phi) is 6.59. The second-order valence-electron chi connectivity index (χ2n) is 7.09. The lowest BCUT2D eigenvalue weighted by Crippen LogP contribution is -2.56. The van der Waals surface area contributed by atoms with Gasteiger partial charge in [-0.3, -0.25) is 15.0 Å². The molecule has 0 radical (unpaired) electrons. The number of amides is 1. The largest absolute Gasteiger partial charge is 0.372 e. The Hall–Kier alpha value is -2.23. The van der Waals surface area contributed by atoms with Gasteiger partial charge in [0.25, 0.3) is 0 Å². The average molecular weight is 374 g/mol. The monoisotopic (exact) mass is 374 g/mol. The van der Waals surface area contributed by atoms with Crippen molar-refractivity contribution in [2.75, 3.05) is 38.0 Å². The van der Waals surface area contributed by atoms with Crippen molar-refractivity contribution in [1.82, 2.24) is 30.5 Å². The molecule has 2 fully saturated rings. The summed E-state index contributed by atoms with van der Waals surface area (Å²) in [4.78, 5) is 23.7. The quantitative estimate of drug-likeness (QED) is 0.482. The highest BCUT2D eigenvalue weighted by molar-refractivity contribution is 5.82. The summed E-state index contributed by atoms with van der Waals surface area (Å²) in [6.45, 7) is 9.71. The fraction of sp³-hybridized carbons (Fsp3) is 0.611. The molecule has 2 aliphatic heterocycles. The van der Waals surface area contributed by atoms with Gasteiger partial charge in [0, 0.05) is 50.3 Å². The van der Waals surface area contributed by atoms with E-state index >= 15 is 0 Å². The Morgan fingerprint density at radius 3 is 2.67 bits per heavy atom. The molecule has 1 amide bonds. The number of rotatable bonds is 3. The van der Waals surface area contributed by atoms with Gasteiger partial charge in [-0.05, 0) is 32.3 Å². The van der Waals surface area contributed by atoms with Crippen molar-refractivity contribution in [3.05, 3.63) is 17.5 Å². The molecule has 2 saturated heterocycles. The maximum absolute atomic E-state index is 8.58. The molecule has 0 aliphatic carbocycles. The maximum Gasteiger partial charge on any atom is 0.226 e. The fourth-order valence-corrected chi connectivity index (χ4v) is 3.94. The van der Waals surface area contributed by atoms with E-state index in [2.05, 4.69) is 48.5 Å². The molecule has 2 atom stereocenters. The third-order valence-corrected chi connectivity index (χ3v) is 5.27. The molecule has 148 valence electrons. The van der Waals surface area contributed by atoms with Crippen LogP contribution in [0.3, 0.4) is 0 Å².